The monoisotopic (exact) mass is 213 g/mol. The summed E-state index contributed by atoms with van der Waals surface area (Å²) in [6, 6.07) is 2.55. The molecule has 0 aliphatic rings. The molecule has 6 nitrogen and oxygen atoms in total. The number of carboxylic acid groups (broad SMARTS) is 1. The molecule has 0 bridgehead atoms. The number of aliphatic hydroxyl groups is 3. The molecule has 1 aromatic heterocycles. The Morgan fingerprint density at radius 3 is 2.47 bits per heavy atom. The lowest BCUT2D eigenvalue weighted by molar-refractivity contribution is -0.0173. The Morgan fingerprint density at radius 2 is 2.07 bits per heavy atom. The molecule has 2 atom stereocenters. The highest BCUT2D eigenvalue weighted by Gasteiger charge is 2.18. The zero-order valence-electron chi connectivity index (χ0n) is 7.74. The van der Waals surface area contributed by atoms with Crippen molar-refractivity contribution in [3.05, 3.63) is 29.6 Å². The maximum atomic E-state index is 10.5. The van der Waals surface area contributed by atoms with Crippen molar-refractivity contribution in [3.8, 4) is 0 Å². The molecular formula is C9H11NO5. The van der Waals surface area contributed by atoms with Crippen molar-refractivity contribution >= 4 is 5.97 Å². The van der Waals surface area contributed by atoms with E-state index in [1.807, 2.05) is 0 Å². The second kappa shape index (κ2) is 4.83. The Hall–Kier alpha value is -1.50. The summed E-state index contributed by atoms with van der Waals surface area (Å²) < 4.78 is 0. The fraction of sp³-hybridized carbons (Fsp3) is 0.333. The largest absolute Gasteiger partial charge is 0.478 e. The molecule has 1 rings (SSSR count). The zero-order chi connectivity index (χ0) is 11.4. The van der Waals surface area contributed by atoms with E-state index in [0.29, 0.717) is 0 Å². The Morgan fingerprint density at radius 1 is 1.40 bits per heavy atom. The van der Waals surface area contributed by atoms with Gasteiger partial charge in [-0.25, -0.2) is 4.79 Å². The first-order valence-electron chi connectivity index (χ1n) is 4.22. The Bertz CT molecular complexity index is 337. The molecule has 0 aromatic carbocycles. The van der Waals surface area contributed by atoms with Gasteiger partial charge in [-0.15, -0.1) is 0 Å². The third kappa shape index (κ3) is 2.72. The topological polar surface area (TPSA) is 111 Å². The molecule has 0 aliphatic carbocycles. The second-order valence-electron chi connectivity index (χ2n) is 2.97. The number of hydrogen-bond acceptors (Lipinski definition) is 5. The number of nitrogens with zero attached hydrogens (tertiary/aromatic N) is 1. The van der Waals surface area contributed by atoms with Crippen molar-refractivity contribution in [3.63, 3.8) is 0 Å². The van der Waals surface area contributed by atoms with Gasteiger partial charge in [-0.05, 0) is 12.1 Å². The lowest BCUT2D eigenvalue weighted by Crippen LogP contribution is -2.22. The summed E-state index contributed by atoms with van der Waals surface area (Å²) in [5, 5.41) is 35.7. The van der Waals surface area contributed by atoms with Gasteiger partial charge in [-0.2, -0.15) is 0 Å². The van der Waals surface area contributed by atoms with Crippen molar-refractivity contribution in [1.82, 2.24) is 4.98 Å². The van der Waals surface area contributed by atoms with E-state index in [2.05, 4.69) is 4.98 Å². The van der Waals surface area contributed by atoms with Crippen LogP contribution in [0.5, 0.6) is 0 Å². The van der Waals surface area contributed by atoms with E-state index in [9.17, 15) is 9.90 Å². The minimum Gasteiger partial charge on any atom is -0.478 e. The number of aromatic carboxylic acids is 1. The summed E-state index contributed by atoms with van der Waals surface area (Å²) in [5.41, 5.74) is 0.103. The predicted octanol–water partition coefficient (Wildman–Crippen LogP) is -0.834. The molecule has 82 valence electrons. The molecule has 0 aliphatic heterocycles. The molecular weight excluding hydrogens is 202 g/mol. The van der Waals surface area contributed by atoms with Crippen LogP contribution in [0.15, 0.2) is 18.3 Å². The molecule has 4 N–H and O–H groups in total. The Kier molecular flexibility index (Phi) is 3.73. The van der Waals surface area contributed by atoms with Crippen LogP contribution >= 0.6 is 0 Å². The van der Waals surface area contributed by atoms with Crippen LogP contribution < -0.4 is 0 Å². The lowest BCUT2D eigenvalue weighted by atomic mass is 10.1. The summed E-state index contributed by atoms with van der Waals surface area (Å²) in [7, 11) is 0. The van der Waals surface area contributed by atoms with E-state index in [0.717, 1.165) is 6.20 Å². The third-order valence-electron chi connectivity index (χ3n) is 1.89. The highest BCUT2D eigenvalue weighted by Crippen LogP contribution is 2.14. The predicted molar refractivity (Wildman–Crippen MR) is 49.2 cm³/mol. The molecule has 0 amide bonds. The molecule has 0 saturated heterocycles. The van der Waals surface area contributed by atoms with Crippen LogP contribution in [-0.2, 0) is 0 Å². The molecule has 0 saturated carbocycles. The van der Waals surface area contributed by atoms with E-state index in [1.54, 1.807) is 0 Å². The fourth-order valence-corrected chi connectivity index (χ4v) is 1.00. The van der Waals surface area contributed by atoms with Gasteiger partial charge in [0.05, 0.1) is 17.9 Å². The number of aromatic nitrogens is 1. The minimum atomic E-state index is -1.33. The minimum absolute atomic E-state index is 0.00978. The Balaban J connectivity index is 2.84. The summed E-state index contributed by atoms with van der Waals surface area (Å²) >= 11 is 0. The second-order valence-corrected chi connectivity index (χ2v) is 2.97. The van der Waals surface area contributed by atoms with Crippen molar-refractivity contribution in [2.75, 3.05) is 6.61 Å². The number of hydrogen-bond donors (Lipinski definition) is 4. The van der Waals surface area contributed by atoms with Crippen LogP contribution in [0.2, 0.25) is 0 Å². The number of carbonyl (C=O) groups is 1. The average Bonchev–Trinajstić information content (AvgIpc) is 2.27. The van der Waals surface area contributed by atoms with Crippen LogP contribution in [0, 0.1) is 0 Å². The van der Waals surface area contributed by atoms with Crippen LogP contribution in [0.25, 0.3) is 0 Å². The Labute approximate surface area is 85.4 Å². The first-order chi connectivity index (χ1) is 7.06. The molecule has 6 heteroatoms. The van der Waals surface area contributed by atoms with Gasteiger partial charge in [0.2, 0.25) is 0 Å². The van der Waals surface area contributed by atoms with Crippen LogP contribution in [0.4, 0.5) is 0 Å². The normalized spacial score (nSPS) is 14.6. The van der Waals surface area contributed by atoms with Gasteiger partial charge in [0, 0.05) is 6.20 Å². The van der Waals surface area contributed by atoms with E-state index in [1.165, 1.54) is 12.1 Å². The number of pyridine rings is 1. The van der Waals surface area contributed by atoms with Gasteiger partial charge in [-0.3, -0.25) is 4.98 Å². The van der Waals surface area contributed by atoms with Gasteiger partial charge in [0.25, 0.3) is 0 Å². The first kappa shape index (κ1) is 11.6. The summed E-state index contributed by atoms with van der Waals surface area (Å²) in [4.78, 5) is 14.1. The van der Waals surface area contributed by atoms with Crippen LogP contribution in [-0.4, -0.2) is 44.1 Å². The van der Waals surface area contributed by atoms with Crippen LogP contribution in [0.1, 0.15) is 22.2 Å². The van der Waals surface area contributed by atoms with Gasteiger partial charge in [0.1, 0.15) is 12.2 Å². The molecule has 0 fully saturated rings. The summed E-state index contributed by atoms with van der Waals surface area (Å²) in [5.74, 6) is -1.12. The van der Waals surface area contributed by atoms with E-state index in [-0.39, 0.29) is 11.3 Å². The van der Waals surface area contributed by atoms with E-state index < -0.39 is 24.8 Å². The summed E-state index contributed by atoms with van der Waals surface area (Å²) in [6.45, 7) is -0.594. The maximum absolute atomic E-state index is 10.5. The SMILES string of the molecule is O=C(O)c1ccc(C(O)C(O)CO)nc1. The van der Waals surface area contributed by atoms with Gasteiger partial charge < -0.3 is 20.4 Å². The molecule has 15 heavy (non-hydrogen) atoms. The van der Waals surface area contributed by atoms with Gasteiger partial charge in [-0.1, -0.05) is 0 Å². The maximum Gasteiger partial charge on any atom is 0.337 e. The molecule has 0 spiro atoms. The lowest BCUT2D eigenvalue weighted by Gasteiger charge is -2.14. The first-order valence-corrected chi connectivity index (χ1v) is 4.22. The number of aliphatic hydroxyl groups excluding tert-OH is 3. The molecule has 0 radical (unpaired) electrons. The van der Waals surface area contributed by atoms with E-state index in [4.69, 9.17) is 15.3 Å². The molecule has 1 heterocycles. The number of carboxylic acids is 1. The average molecular weight is 213 g/mol. The summed E-state index contributed by atoms with van der Waals surface area (Å²) in [6.07, 6.45) is -1.57. The third-order valence-corrected chi connectivity index (χ3v) is 1.89. The smallest absolute Gasteiger partial charge is 0.337 e. The molecule has 2 unspecified atom stereocenters. The quantitative estimate of drug-likeness (QED) is 0.519. The van der Waals surface area contributed by atoms with Gasteiger partial charge in [0.15, 0.2) is 0 Å². The van der Waals surface area contributed by atoms with Crippen molar-refractivity contribution < 1.29 is 25.2 Å². The highest BCUT2D eigenvalue weighted by molar-refractivity contribution is 5.87. The van der Waals surface area contributed by atoms with Gasteiger partial charge >= 0.3 is 5.97 Å². The van der Waals surface area contributed by atoms with E-state index >= 15 is 0 Å². The number of rotatable bonds is 4. The van der Waals surface area contributed by atoms with Crippen molar-refractivity contribution in [2.24, 2.45) is 0 Å². The van der Waals surface area contributed by atoms with Crippen molar-refractivity contribution in [1.29, 1.82) is 0 Å². The van der Waals surface area contributed by atoms with Crippen molar-refractivity contribution in [2.45, 2.75) is 12.2 Å². The zero-order valence-corrected chi connectivity index (χ0v) is 7.74. The standard InChI is InChI=1S/C9H11NO5/c11-4-7(12)8(13)6-2-1-5(3-10-6)9(14)15/h1-3,7-8,11-13H,4H2,(H,14,15). The molecule has 1 aromatic rings. The van der Waals surface area contributed by atoms with Crippen LogP contribution in [0.3, 0.4) is 0 Å². The highest BCUT2D eigenvalue weighted by atomic mass is 16.4. The fourth-order valence-electron chi connectivity index (χ4n) is 1.00.